The summed E-state index contributed by atoms with van der Waals surface area (Å²) in [7, 11) is 0. The number of ether oxygens (including phenoxy) is 1. The Morgan fingerprint density at radius 1 is 1.37 bits per heavy atom. The van der Waals surface area contributed by atoms with Crippen LogP contribution in [-0.2, 0) is 4.74 Å². The zero-order valence-corrected chi connectivity index (χ0v) is 11.9. The van der Waals surface area contributed by atoms with Gasteiger partial charge in [-0.25, -0.2) is 4.79 Å². The summed E-state index contributed by atoms with van der Waals surface area (Å²) in [5.74, 6) is 1.17. The van der Waals surface area contributed by atoms with Gasteiger partial charge in [-0.05, 0) is 32.6 Å². The molecular formula is C14H25N3O2. The van der Waals surface area contributed by atoms with Gasteiger partial charge >= 0.3 is 6.09 Å². The Morgan fingerprint density at radius 3 is 2.89 bits per heavy atom. The molecule has 1 amide bonds. The SMILES string of the molecule is CCOC(=O)N1CCC(NC2=NCCCCC2)CC1. The van der Waals surface area contributed by atoms with Crippen molar-refractivity contribution < 1.29 is 9.53 Å². The third kappa shape index (κ3) is 4.40. The van der Waals surface area contributed by atoms with Crippen molar-refractivity contribution in [3.8, 4) is 0 Å². The molecule has 19 heavy (non-hydrogen) atoms. The van der Waals surface area contributed by atoms with Crippen LogP contribution in [-0.4, -0.2) is 49.1 Å². The predicted molar refractivity (Wildman–Crippen MR) is 75.5 cm³/mol. The van der Waals surface area contributed by atoms with Gasteiger partial charge in [0.15, 0.2) is 0 Å². The van der Waals surface area contributed by atoms with Crippen molar-refractivity contribution in [1.82, 2.24) is 10.2 Å². The van der Waals surface area contributed by atoms with Crippen LogP contribution in [0.2, 0.25) is 0 Å². The first kappa shape index (κ1) is 14.2. The highest BCUT2D eigenvalue weighted by Gasteiger charge is 2.24. The summed E-state index contributed by atoms with van der Waals surface area (Å²) < 4.78 is 5.03. The Morgan fingerprint density at radius 2 is 2.16 bits per heavy atom. The first-order valence-electron chi connectivity index (χ1n) is 7.51. The van der Waals surface area contributed by atoms with E-state index in [-0.39, 0.29) is 6.09 Å². The van der Waals surface area contributed by atoms with E-state index in [0.717, 1.165) is 38.9 Å². The minimum absolute atomic E-state index is 0.173. The van der Waals surface area contributed by atoms with E-state index in [0.29, 0.717) is 12.6 Å². The Bertz CT molecular complexity index is 323. The maximum absolute atomic E-state index is 11.6. The Hall–Kier alpha value is -1.26. The maximum atomic E-state index is 11.6. The van der Waals surface area contributed by atoms with Gasteiger partial charge in [0.05, 0.1) is 12.4 Å². The molecule has 0 aromatic heterocycles. The second-order valence-electron chi connectivity index (χ2n) is 5.24. The van der Waals surface area contributed by atoms with Gasteiger partial charge in [0, 0.05) is 32.1 Å². The quantitative estimate of drug-likeness (QED) is 0.834. The maximum Gasteiger partial charge on any atom is 0.409 e. The number of hydrogen-bond donors (Lipinski definition) is 1. The fourth-order valence-electron chi connectivity index (χ4n) is 2.65. The normalized spacial score (nSPS) is 21.5. The second kappa shape index (κ2) is 7.36. The van der Waals surface area contributed by atoms with Crippen LogP contribution in [0.5, 0.6) is 0 Å². The van der Waals surface area contributed by atoms with Gasteiger partial charge in [0.2, 0.25) is 0 Å². The van der Waals surface area contributed by atoms with Crippen molar-refractivity contribution in [3.05, 3.63) is 0 Å². The summed E-state index contributed by atoms with van der Waals surface area (Å²) in [4.78, 5) is 18.0. The molecule has 0 radical (unpaired) electrons. The molecule has 0 bridgehead atoms. The standard InChI is InChI=1S/C14H25N3O2/c1-2-19-14(18)17-10-7-12(8-11-17)16-13-6-4-3-5-9-15-13/h12H,2-11H2,1H3,(H,15,16). The summed E-state index contributed by atoms with van der Waals surface area (Å²) in [5, 5.41) is 3.56. The average molecular weight is 267 g/mol. The minimum atomic E-state index is -0.173. The van der Waals surface area contributed by atoms with Gasteiger partial charge in [-0.15, -0.1) is 0 Å². The molecule has 0 atom stereocenters. The van der Waals surface area contributed by atoms with Crippen molar-refractivity contribution in [2.45, 2.75) is 51.5 Å². The molecule has 0 saturated carbocycles. The molecule has 0 aromatic rings. The summed E-state index contributed by atoms with van der Waals surface area (Å²) in [6, 6.07) is 0.461. The highest BCUT2D eigenvalue weighted by Crippen LogP contribution is 2.13. The number of amidine groups is 1. The van der Waals surface area contributed by atoms with Gasteiger partial charge in [-0.1, -0.05) is 6.42 Å². The third-order valence-electron chi connectivity index (χ3n) is 3.77. The molecule has 0 unspecified atom stereocenters. The summed E-state index contributed by atoms with van der Waals surface area (Å²) >= 11 is 0. The molecule has 2 heterocycles. The molecule has 1 saturated heterocycles. The lowest BCUT2D eigenvalue weighted by atomic mass is 10.0. The number of nitrogens with zero attached hydrogens (tertiary/aromatic N) is 2. The Labute approximate surface area is 115 Å². The zero-order valence-electron chi connectivity index (χ0n) is 11.9. The number of rotatable bonds is 2. The highest BCUT2D eigenvalue weighted by atomic mass is 16.6. The molecule has 1 N–H and O–H groups in total. The van der Waals surface area contributed by atoms with E-state index in [1.165, 1.54) is 25.1 Å². The third-order valence-corrected chi connectivity index (χ3v) is 3.77. The number of hydrogen-bond acceptors (Lipinski definition) is 4. The van der Waals surface area contributed by atoms with Crippen molar-refractivity contribution in [3.63, 3.8) is 0 Å². The van der Waals surface area contributed by atoms with Crippen molar-refractivity contribution in [1.29, 1.82) is 0 Å². The lowest BCUT2D eigenvalue weighted by Gasteiger charge is -2.32. The molecule has 2 aliphatic heterocycles. The topological polar surface area (TPSA) is 53.9 Å². The molecule has 1 fully saturated rings. The molecule has 108 valence electrons. The van der Waals surface area contributed by atoms with E-state index < -0.39 is 0 Å². The van der Waals surface area contributed by atoms with Crippen LogP contribution in [0.1, 0.15) is 45.4 Å². The summed E-state index contributed by atoms with van der Waals surface area (Å²) in [5.41, 5.74) is 0. The molecule has 2 aliphatic rings. The summed E-state index contributed by atoms with van der Waals surface area (Å²) in [6.07, 6.45) is 6.62. The Balaban J connectivity index is 1.73. The van der Waals surface area contributed by atoms with Crippen LogP contribution in [0.15, 0.2) is 4.99 Å². The van der Waals surface area contributed by atoms with E-state index in [9.17, 15) is 4.79 Å². The van der Waals surface area contributed by atoms with Gasteiger partial charge in [-0.3, -0.25) is 4.99 Å². The van der Waals surface area contributed by atoms with Gasteiger partial charge in [0.1, 0.15) is 0 Å². The number of carbonyl (C=O) groups excluding carboxylic acids is 1. The van der Waals surface area contributed by atoms with Crippen LogP contribution in [0.4, 0.5) is 4.79 Å². The lowest BCUT2D eigenvalue weighted by Crippen LogP contribution is -2.46. The number of likely N-dealkylation sites (tertiary alicyclic amines) is 1. The van der Waals surface area contributed by atoms with E-state index in [4.69, 9.17) is 4.74 Å². The predicted octanol–water partition coefficient (Wildman–Crippen LogP) is 2.17. The zero-order chi connectivity index (χ0) is 13.5. The molecule has 0 spiro atoms. The largest absolute Gasteiger partial charge is 0.450 e. The van der Waals surface area contributed by atoms with E-state index in [1.54, 1.807) is 4.90 Å². The Kier molecular flexibility index (Phi) is 5.48. The minimum Gasteiger partial charge on any atom is -0.450 e. The summed E-state index contributed by atoms with van der Waals surface area (Å²) in [6.45, 7) is 4.82. The molecular weight excluding hydrogens is 242 g/mol. The fraction of sp³-hybridized carbons (Fsp3) is 0.857. The second-order valence-corrected chi connectivity index (χ2v) is 5.24. The number of amides is 1. The van der Waals surface area contributed by atoms with Crippen LogP contribution >= 0.6 is 0 Å². The van der Waals surface area contributed by atoms with Crippen molar-refractivity contribution >= 4 is 11.9 Å². The van der Waals surface area contributed by atoms with Crippen LogP contribution < -0.4 is 5.32 Å². The van der Waals surface area contributed by atoms with Crippen LogP contribution in [0, 0.1) is 0 Å². The van der Waals surface area contributed by atoms with Crippen molar-refractivity contribution in [2.24, 2.45) is 4.99 Å². The first-order valence-corrected chi connectivity index (χ1v) is 7.51. The number of aliphatic imine (C=N–C) groups is 1. The van der Waals surface area contributed by atoms with E-state index in [1.807, 2.05) is 6.92 Å². The van der Waals surface area contributed by atoms with E-state index in [2.05, 4.69) is 10.3 Å². The van der Waals surface area contributed by atoms with Gasteiger partial charge < -0.3 is 15.0 Å². The van der Waals surface area contributed by atoms with Gasteiger partial charge in [-0.2, -0.15) is 0 Å². The smallest absolute Gasteiger partial charge is 0.409 e. The monoisotopic (exact) mass is 267 g/mol. The number of carbonyl (C=O) groups is 1. The molecule has 5 nitrogen and oxygen atoms in total. The van der Waals surface area contributed by atoms with Gasteiger partial charge in [0.25, 0.3) is 0 Å². The highest BCUT2D eigenvalue weighted by molar-refractivity contribution is 5.82. The van der Waals surface area contributed by atoms with Crippen LogP contribution in [0.25, 0.3) is 0 Å². The van der Waals surface area contributed by atoms with Crippen molar-refractivity contribution in [2.75, 3.05) is 26.2 Å². The average Bonchev–Trinajstić information content (AvgIpc) is 2.68. The van der Waals surface area contributed by atoms with Crippen LogP contribution in [0.3, 0.4) is 0 Å². The first-order chi connectivity index (χ1) is 9.29. The molecule has 2 rings (SSSR count). The lowest BCUT2D eigenvalue weighted by molar-refractivity contribution is 0.0963. The van der Waals surface area contributed by atoms with E-state index >= 15 is 0 Å². The fourth-order valence-corrected chi connectivity index (χ4v) is 2.65. The molecule has 0 aliphatic carbocycles. The molecule has 5 heteroatoms. The number of nitrogens with one attached hydrogen (secondary N) is 1. The number of piperidine rings is 1. The molecule has 0 aromatic carbocycles.